The molecule has 0 bridgehead atoms. The van der Waals surface area contributed by atoms with Gasteiger partial charge in [-0.05, 0) is 43.9 Å². The van der Waals surface area contributed by atoms with Gasteiger partial charge in [0.1, 0.15) is 11.5 Å². The fourth-order valence-electron chi connectivity index (χ4n) is 2.73. The number of benzene rings is 1. The van der Waals surface area contributed by atoms with E-state index in [1.165, 1.54) is 25.7 Å². The molecule has 1 aliphatic carbocycles. The lowest BCUT2D eigenvalue weighted by Crippen LogP contribution is -2.31. The van der Waals surface area contributed by atoms with E-state index >= 15 is 0 Å². The van der Waals surface area contributed by atoms with Gasteiger partial charge in [0.05, 0.1) is 7.11 Å². The molecule has 1 aromatic rings. The summed E-state index contributed by atoms with van der Waals surface area (Å²) in [5.41, 5.74) is 0.902. The summed E-state index contributed by atoms with van der Waals surface area (Å²) in [5, 5.41) is 13.3. The normalized spacial score (nSPS) is 17.9. The Morgan fingerprint density at radius 1 is 1.39 bits per heavy atom. The molecule has 0 saturated heterocycles. The summed E-state index contributed by atoms with van der Waals surface area (Å²) in [6.07, 6.45) is 5.39. The minimum absolute atomic E-state index is 0.335. The molecule has 3 heteroatoms. The maximum atomic E-state index is 9.81. The zero-order chi connectivity index (χ0) is 13.0. The first-order valence-corrected chi connectivity index (χ1v) is 6.80. The number of nitrogens with one attached hydrogen (secondary N) is 1. The summed E-state index contributed by atoms with van der Waals surface area (Å²) in [6, 6.07) is 5.87. The van der Waals surface area contributed by atoms with Crippen LogP contribution >= 0.6 is 0 Å². The Morgan fingerprint density at radius 2 is 2.11 bits per heavy atom. The van der Waals surface area contributed by atoms with Gasteiger partial charge in [0.25, 0.3) is 0 Å². The van der Waals surface area contributed by atoms with Crippen LogP contribution in [-0.4, -0.2) is 18.3 Å². The molecule has 2 N–H and O–H groups in total. The predicted octanol–water partition coefficient (Wildman–Crippen LogP) is 3.07. The van der Waals surface area contributed by atoms with E-state index in [1.807, 2.05) is 6.07 Å². The van der Waals surface area contributed by atoms with Crippen molar-refractivity contribution in [3.63, 3.8) is 0 Å². The number of aromatic hydroxyl groups is 1. The molecule has 100 valence electrons. The van der Waals surface area contributed by atoms with Gasteiger partial charge in [-0.25, -0.2) is 0 Å². The smallest absolute Gasteiger partial charge is 0.120 e. The third-order valence-corrected chi connectivity index (χ3v) is 4.01. The number of phenols is 1. The van der Waals surface area contributed by atoms with E-state index in [0.717, 1.165) is 17.2 Å². The van der Waals surface area contributed by atoms with E-state index in [9.17, 15) is 5.11 Å². The van der Waals surface area contributed by atoms with Gasteiger partial charge in [0, 0.05) is 18.2 Å². The highest BCUT2D eigenvalue weighted by molar-refractivity contribution is 5.39. The fraction of sp³-hybridized carbons (Fsp3) is 0.600. The molecule has 3 nitrogen and oxygen atoms in total. The molecular formula is C15H23NO2. The van der Waals surface area contributed by atoms with E-state index in [4.69, 9.17) is 4.74 Å². The van der Waals surface area contributed by atoms with E-state index < -0.39 is 0 Å². The molecule has 0 aromatic heterocycles. The molecule has 1 fully saturated rings. The van der Waals surface area contributed by atoms with Gasteiger partial charge in [0.2, 0.25) is 0 Å². The summed E-state index contributed by atoms with van der Waals surface area (Å²) in [4.78, 5) is 0. The highest BCUT2D eigenvalue weighted by atomic mass is 16.5. The molecule has 1 aliphatic rings. The van der Waals surface area contributed by atoms with Crippen molar-refractivity contribution in [3.05, 3.63) is 23.8 Å². The topological polar surface area (TPSA) is 41.5 Å². The van der Waals surface area contributed by atoms with E-state index in [0.29, 0.717) is 18.3 Å². The Balaban J connectivity index is 1.92. The van der Waals surface area contributed by atoms with Crippen molar-refractivity contribution in [3.8, 4) is 11.5 Å². The van der Waals surface area contributed by atoms with Crippen LogP contribution < -0.4 is 10.1 Å². The van der Waals surface area contributed by atoms with Gasteiger partial charge in [-0.15, -0.1) is 0 Å². The Morgan fingerprint density at radius 3 is 2.78 bits per heavy atom. The average molecular weight is 249 g/mol. The number of phenolic OH excluding ortho intramolecular Hbond substituents is 1. The Hall–Kier alpha value is -1.22. The van der Waals surface area contributed by atoms with Gasteiger partial charge in [-0.3, -0.25) is 0 Å². The molecule has 1 unspecified atom stereocenters. The number of ether oxygens (including phenoxy) is 1. The molecule has 1 saturated carbocycles. The van der Waals surface area contributed by atoms with Crippen LogP contribution in [0.3, 0.4) is 0 Å². The minimum Gasteiger partial charge on any atom is -0.508 e. The molecule has 0 amide bonds. The summed E-state index contributed by atoms with van der Waals surface area (Å²) in [7, 11) is 1.64. The first kappa shape index (κ1) is 13.2. The van der Waals surface area contributed by atoms with Gasteiger partial charge >= 0.3 is 0 Å². The third-order valence-electron chi connectivity index (χ3n) is 4.01. The van der Waals surface area contributed by atoms with Crippen molar-refractivity contribution in [1.82, 2.24) is 5.32 Å². The summed E-state index contributed by atoms with van der Waals surface area (Å²) in [5.74, 6) is 1.91. The standard InChI is InChI=1S/C15H23NO2/c1-11(12-5-3-4-6-12)16-10-13-9-14(18-2)7-8-15(13)17/h7-9,11-12,16-17H,3-6,10H2,1-2H3. The number of hydrogen-bond donors (Lipinski definition) is 2. The molecule has 1 atom stereocenters. The largest absolute Gasteiger partial charge is 0.508 e. The van der Waals surface area contributed by atoms with Crippen LogP contribution in [-0.2, 0) is 6.54 Å². The summed E-state index contributed by atoms with van der Waals surface area (Å²) in [6.45, 7) is 2.94. The first-order chi connectivity index (χ1) is 8.70. The number of methoxy groups -OCH3 is 1. The maximum absolute atomic E-state index is 9.81. The Bertz CT molecular complexity index is 386. The zero-order valence-electron chi connectivity index (χ0n) is 11.3. The number of hydrogen-bond acceptors (Lipinski definition) is 3. The van der Waals surface area contributed by atoms with Gasteiger partial charge in [0.15, 0.2) is 0 Å². The van der Waals surface area contributed by atoms with Crippen molar-refractivity contribution in [2.24, 2.45) is 5.92 Å². The lowest BCUT2D eigenvalue weighted by molar-refractivity contribution is 0.374. The molecule has 0 spiro atoms. The zero-order valence-corrected chi connectivity index (χ0v) is 11.3. The lowest BCUT2D eigenvalue weighted by Gasteiger charge is -2.20. The molecule has 0 radical (unpaired) electrons. The summed E-state index contributed by atoms with van der Waals surface area (Å²) >= 11 is 0. The molecular weight excluding hydrogens is 226 g/mol. The average Bonchev–Trinajstić information content (AvgIpc) is 2.91. The van der Waals surface area contributed by atoms with Crippen LogP contribution in [0.1, 0.15) is 38.2 Å². The van der Waals surface area contributed by atoms with Crippen LogP contribution in [0.25, 0.3) is 0 Å². The Labute approximate surface area is 109 Å². The van der Waals surface area contributed by atoms with Crippen LogP contribution in [0.2, 0.25) is 0 Å². The lowest BCUT2D eigenvalue weighted by atomic mass is 9.99. The Kier molecular flexibility index (Phi) is 4.48. The van der Waals surface area contributed by atoms with Gasteiger partial charge in [-0.2, -0.15) is 0 Å². The first-order valence-electron chi connectivity index (χ1n) is 6.80. The number of rotatable bonds is 5. The second-order valence-corrected chi connectivity index (χ2v) is 5.21. The van der Waals surface area contributed by atoms with Crippen LogP contribution in [0.5, 0.6) is 11.5 Å². The van der Waals surface area contributed by atoms with Crippen molar-refractivity contribution >= 4 is 0 Å². The molecule has 0 aliphatic heterocycles. The molecule has 18 heavy (non-hydrogen) atoms. The minimum atomic E-state index is 0.335. The van der Waals surface area contributed by atoms with E-state index in [2.05, 4.69) is 12.2 Å². The third kappa shape index (κ3) is 3.16. The highest BCUT2D eigenvalue weighted by Gasteiger charge is 2.21. The van der Waals surface area contributed by atoms with Crippen molar-refractivity contribution in [2.75, 3.05) is 7.11 Å². The van der Waals surface area contributed by atoms with E-state index in [1.54, 1.807) is 19.2 Å². The van der Waals surface area contributed by atoms with E-state index in [-0.39, 0.29) is 0 Å². The molecule has 1 aromatic carbocycles. The van der Waals surface area contributed by atoms with Crippen LogP contribution in [0.4, 0.5) is 0 Å². The van der Waals surface area contributed by atoms with Crippen LogP contribution in [0.15, 0.2) is 18.2 Å². The molecule has 0 heterocycles. The second-order valence-electron chi connectivity index (χ2n) is 5.21. The fourth-order valence-corrected chi connectivity index (χ4v) is 2.73. The quantitative estimate of drug-likeness (QED) is 0.842. The second kappa shape index (κ2) is 6.10. The van der Waals surface area contributed by atoms with Crippen molar-refractivity contribution < 1.29 is 9.84 Å². The van der Waals surface area contributed by atoms with Gasteiger partial charge < -0.3 is 15.2 Å². The highest BCUT2D eigenvalue weighted by Crippen LogP contribution is 2.28. The predicted molar refractivity (Wildman–Crippen MR) is 72.9 cm³/mol. The summed E-state index contributed by atoms with van der Waals surface area (Å²) < 4.78 is 5.18. The SMILES string of the molecule is COc1ccc(O)c(CNC(C)C2CCCC2)c1. The van der Waals surface area contributed by atoms with Crippen LogP contribution in [0, 0.1) is 5.92 Å². The van der Waals surface area contributed by atoms with Crippen molar-refractivity contribution in [1.29, 1.82) is 0 Å². The monoisotopic (exact) mass is 249 g/mol. The van der Waals surface area contributed by atoms with Gasteiger partial charge in [-0.1, -0.05) is 12.8 Å². The molecule has 2 rings (SSSR count). The maximum Gasteiger partial charge on any atom is 0.120 e. The van der Waals surface area contributed by atoms with Crippen molar-refractivity contribution in [2.45, 2.75) is 45.2 Å².